The van der Waals surface area contributed by atoms with Crippen molar-refractivity contribution in [3.63, 3.8) is 0 Å². The maximum Gasteiger partial charge on any atom is 0.152 e. The van der Waals surface area contributed by atoms with Gasteiger partial charge in [-0.2, -0.15) is 0 Å². The number of pyridine rings is 1. The first kappa shape index (κ1) is 8.45. The fraction of sp³-hybridized carbons (Fsp3) is 0.143. The number of hydrogen-bond acceptors (Lipinski definition) is 3. The molecule has 0 saturated heterocycles. The highest BCUT2D eigenvalue weighted by Crippen LogP contribution is 2.14. The molecule has 58 valence electrons. The molecule has 0 bridgehead atoms. The molecule has 0 amide bonds. The average Bonchev–Trinajstić information content (AvgIpc) is 2.05. The van der Waals surface area contributed by atoms with Crippen LogP contribution in [0.25, 0.3) is 0 Å². The zero-order chi connectivity index (χ0) is 8.27. The summed E-state index contributed by atoms with van der Waals surface area (Å²) in [7, 11) is 1.54. The van der Waals surface area contributed by atoms with Gasteiger partial charge in [-0.25, -0.2) is 4.98 Å². The Labute approximate surface area is 77.9 Å². The summed E-state index contributed by atoms with van der Waals surface area (Å²) in [5, 5.41) is 0. The van der Waals surface area contributed by atoms with E-state index in [9.17, 15) is 4.79 Å². The molecule has 0 aliphatic carbocycles. The molecule has 1 rings (SSSR count). The van der Waals surface area contributed by atoms with Gasteiger partial charge in [-0.3, -0.25) is 4.79 Å². The van der Waals surface area contributed by atoms with Crippen molar-refractivity contribution < 1.29 is 9.53 Å². The molecule has 0 unspecified atom stereocenters. The molecule has 0 spiro atoms. The smallest absolute Gasteiger partial charge is 0.152 e. The highest BCUT2D eigenvalue weighted by atomic mass is 127. The molecule has 0 saturated carbocycles. The van der Waals surface area contributed by atoms with Gasteiger partial charge in [0.25, 0.3) is 0 Å². The maximum absolute atomic E-state index is 10.4. The van der Waals surface area contributed by atoms with Crippen molar-refractivity contribution in [1.29, 1.82) is 0 Å². The van der Waals surface area contributed by atoms with Crippen LogP contribution in [-0.2, 0) is 0 Å². The molecular formula is C7H6INO2. The van der Waals surface area contributed by atoms with Gasteiger partial charge < -0.3 is 4.74 Å². The van der Waals surface area contributed by atoms with Crippen LogP contribution in [0.1, 0.15) is 10.4 Å². The summed E-state index contributed by atoms with van der Waals surface area (Å²) < 4.78 is 5.58. The van der Waals surface area contributed by atoms with Gasteiger partial charge in [-0.05, 0) is 28.7 Å². The number of rotatable bonds is 2. The quantitative estimate of drug-likeness (QED) is 0.461. The zero-order valence-electron chi connectivity index (χ0n) is 5.87. The van der Waals surface area contributed by atoms with Gasteiger partial charge >= 0.3 is 0 Å². The number of nitrogens with zero attached hydrogens (tertiary/aromatic N) is 1. The average molecular weight is 263 g/mol. The monoisotopic (exact) mass is 263 g/mol. The molecule has 1 heterocycles. The second kappa shape index (κ2) is 3.66. The van der Waals surface area contributed by atoms with Gasteiger partial charge in [0.2, 0.25) is 0 Å². The summed E-state index contributed by atoms with van der Waals surface area (Å²) in [5.74, 6) is 0.604. The predicted octanol–water partition coefficient (Wildman–Crippen LogP) is 1.51. The Hall–Kier alpha value is -0.650. The van der Waals surface area contributed by atoms with E-state index in [2.05, 4.69) is 4.98 Å². The number of halogens is 1. The van der Waals surface area contributed by atoms with Crippen molar-refractivity contribution in [2.24, 2.45) is 0 Å². The van der Waals surface area contributed by atoms with Gasteiger partial charge in [0.05, 0.1) is 13.3 Å². The standard InChI is InChI=1S/C7H6INO2/c1-11-6-2-5(4-10)7(8)9-3-6/h2-4H,1H3. The number of carbonyl (C=O) groups excluding carboxylic acids is 1. The number of ether oxygens (including phenoxy) is 1. The summed E-state index contributed by atoms with van der Waals surface area (Å²) in [4.78, 5) is 14.3. The topological polar surface area (TPSA) is 39.2 Å². The Bertz CT molecular complexity index is 275. The molecule has 0 N–H and O–H groups in total. The Morgan fingerprint density at radius 2 is 2.45 bits per heavy atom. The van der Waals surface area contributed by atoms with E-state index in [-0.39, 0.29) is 0 Å². The molecule has 0 fully saturated rings. The largest absolute Gasteiger partial charge is 0.495 e. The summed E-state index contributed by atoms with van der Waals surface area (Å²) >= 11 is 2.00. The molecule has 11 heavy (non-hydrogen) atoms. The van der Waals surface area contributed by atoms with Crippen molar-refractivity contribution >= 4 is 28.9 Å². The van der Waals surface area contributed by atoms with Crippen molar-refractivity contribution in [2.45, 2.75) is 0 Å². The van der Waals surface area contributed by atoms with Crippen LogP contribution in [0.5, 0.6) is 5.75 Å². The molecule has 0 aromatic carbocycles. The summed E-state index contributed by atoms with van der Waals surface area (Å²) in [6.07, 6.45) is 2.34. The summed E-state index contributed by atoms with van der Waals surface area (Å²) in [6, 6.07) is 1.65. The minimum Gasteiger partial charge on any atom is -0.495 e. The minimum absolute atomic E-state index is 0.560. The van der Waals surface area contributed by atoms with Crippen LogP contribution in [0.2, 0.25) is 0 Å². The first-order valence-electron chi connectivity index (χ1n) is 2.92. The molecule has 0 aliphatic rings. The Balaban J connectivity index is 3.12. The lowest BCUT2D eigenvalue weighted by Crippen LogP contribution is -1.92. The van der Waals surface area contributed by atoms with Gasteiger partial charge in [0.15, 0.2) is 6.29 Å². The number of aldehydes is 1. The minimum atomic E-state index is 0.560. The van der Waals surface area contributed by atoms with Crippen LogP contribution in [0, 0.1) is 3.70 Å². The van der Waals surface area contributed by atoms with Gasteiger partial charge in [-0.1, -0.05) is 0 Å². The normalized spacial score (nSPS) is 9.27. The van der Waals surface area contributed by atoms with Crippen LogP contribution in [0.4, 0.5) is 0 Å². The van der Waals surface area contributed by atoms with Gasteiger partial charge in [0.1, 0.15) is 9.45 Å². The molecule has 0 atom stereocenters. The Morgan fingerprint density at radius 1 is 1.73 bits per heavy atom. The van der Waals surface area contributed by atoms with Crippen molar-refractivity contribution in [3.05, 3.63) is 21.5 Å². The van der Waals surface area contributed by atoms with Crippen LogP contribution in [0.15, 0.2) is 12.3 Å². The third kappa shape index (κ3) is 1.89. The Kier molecular flexibility index (Phi) is 2.81. The summed E-state index contributed by atoms with van der Waals surface area (Å²) in [5.41, 5.74) is 0.560. The predicted molar refractivity (Wildman–Crippen MR) is 48.9 cm³/mol. The van der Waals surface area contributed by atoms with E-state index in [1.807, 2.05) is 22.6 Å². The van der Waals surface area contributed by atoms with Crippen LogP contribution in [0.3, 0.4) is 0 Å². The van der Waals surface area contributed by atoms with Crippen LogP contribution in [-0.4, -0.2) is 18.4 Å². The lowest BCUT2D eigenvalue weighted by molar-refractivity contribution is 0.112. The molecule has 4 heteroatoms. The van der Waals surface area contributed by atoms with Gasteiger partial charge in [-0.15, -0.1) is 0 Å². The van der Waals surface area contributed by atoms with E-state index in [4.69, 9.17) is 4.74 Å². The maximum atomic E-state index is 10.4. The molecule has 3 nitrogen and oxygen atoms in total. The van der Waals surface area contributed by atoms with E-state index in [1.165, 1.54) is 0 Å². The third-order valence-corrected chi connectivity index (χ3v) is 2.11. The lowest BCUT2D eigenvalue weighted by atomic mass is 10.3. The highest BCUT2D eigenvalue weighted by molar-refractivity contribution is 14.1. The number of aromatic nitrogens is 1. The number of hydrogen-bond donors (Lipinski definition) is 0. The van der Waals surface area contributed by atoms with Crippen LogP contribution < -0.4 is 4.74 Å². The molecule has 1 aromatic heterocycles. The van der Waals surface area contributed by atoms with Gasteiger partial charge in [0, 0.05) is 5.56 Å². The van der Waals surface area contributed by atoms with Crippen molar-refractivity contribution in [2.75, 3.05) is 7.11 Å². The second-order valence-electron chi connectivity index (χ2n) is 1.87. The van der Waals surface area contributed by atoms with E-state index in [0.29, 0.717) is 15.0 Å². The number of carbonyl (C=O) groups is 1. The highest BCUT2D eigenvalue weighted by Gasteiger charge is 2.00. The van der Waals surface area contributed by atoms with E-state index in [1.54, 1.807) is 19.4 Å². The molecule has 0 radical (unpaired) electrons. The Morgan fingerprint density at radius 3 is 3.00 bits per heavy atom. The van der Waals surface area contributed by atoms with E-state index < -0.39 is 0 Å². The first-order chi connectivity index (χ1) is 5.27. The molecular weight excluding hydrogens is 257 g/mol. The SMILES string of the molecule is COc1cnc(I)c(C=O)c1. The van der Waals surface area contributed by atoms with E-state index >= 15 is 0 Å². The number of methoxy groups -OCH3 is 1. The summed E-state index contributed by atoms with van der Waals surface area (Å²) in [6.45, 7) is 0. The van der Waals surface area contributed by atoms with Crippen molar-refractivity contribution in [3.8, 4) is 5.75 Å². The second-order valence-corrected chi connectivity index (χ2v) is 2.89. The fourth-order valence-electron chi connectivity index (χ4n) is 0.639. The first-order valence-corrected chi connectivity index (χ1v) is 4.00. The zero-order valence-corrected chi connectivity index (χ0v) is 8.03. The molecule has 1 aromatic rings. The third-order valence-electron chi connectivity index (χ3n) is 1.20. The molecule has 0 aliphatic heterocycles. The van der Waals surface area contributed by atoms with Crippen LogP contribution >= 0.6 is 22.6 Å². The fourth-order valence-corrected chi connectivity index (χ4v) is 1.06. The lowest BCUT2D eigenvalue weighted by Gasteiger charge is -1.99. The van der Waals surface area contributed by atoms with E-state index in [0.717, 1.165) is 6.29 Å². The van der Waals surface area contributed by atoms with Crippen molar-refractivity contribution in [1.82, 2.24) is 4.98 Å².